The molecule has 0 saturated carbocycles. The van der Waals surface area contributed by atoms with E-state index in [1.807, 2.05) is 12.1 Å². The van der Waals surface area contributed by atoms with Gasteiger partial charge in [-0.2, -0.15) is 0 Å². The molecule has 0 unspecified atom stereocenters. The molecule has 0 heterocycles. The topological polar surface area (TPSA) is 0 Å². The van der Waals surface area contributed by atoms with Crippen LogP contribution < -0.4 is 0 Å². The minimum atomic E-state index is 1.23. The lowest BCUT2D eigenvalue weighted by molar-refractivity contribution is 1.64. The largest absolute Gasteiger partial charge is 0.0622 e. The summed E-state index contributed by atoms with van der Waals surface area (Å²) < 4.78 is 0. The number of rotatable bonds is 2. The van der Waals surface area contributed by atoms with E-state index in [4.69, 9.17) is 0 Å². The summed E-state index contributed by atoms with van der Waals surface area (Å²) in [6.07, 6.45) is 0. The Morgan fingerprint density at radius 3 is 1.23 bits per heavy atom. The summed E-state index contributed by atoms with van der Waals surface area (Å²) in [7, 11) is 0. The molecule has 0 aliphatic heterocycles. The van der Waals surface area contributed by atoms with Crippen molar-refractivity contribution in [3.05, 3.63) is 109 Å². The molecule has 0 nitrogen and oxygen atoms in total. The molecule has 0 aliphatic carbocycles. The first kappa shape index (κ1) is 14.9. The van der Waals surface area contributed by atoms with Crippen LogP contribution in [0.2, 0.25) is 0 Å². The molecule has 5 aromatic rings. The predicted octanol–water partition coefficient (Wildman–Crippen LogP) is 7.13. The van der Waals surface area contributed by atoms with E-state index in [9.17, 15) is 0 Å². The van der Waals surface area contributed by atoms with Gasteiger partial charge in [0.2, 0.25) is 0 Å². The average Bonchev–Trinajstić information content (AvgIpc) is 2.73. The van der Waals surface area contributed by atoms with Crippen molar-refractivity contribution in [2.75, 3.05) is 0 Å². The van der Waals surface area contributed by atoms with Crippen molar-refractivity contribution in [3.8, 4) is 22.3 Å². The second-order valence-electron chi connectivity index (χ2n) is 6.50. The zero-order valence-electron chi connectivity index (χ0n) is 14.3. The fourth-order valence-corrected chi connectivity index (χ4v) is 3.91. The molecule has 0 aliphatic rings. The third-order valence-corrected chi connectivity index (χ3v) is 5.00. The molecule has 26 heavy (non-hydrogen) atoms. The van der Waals surface area contributed by atoms with Crippen molar-refractivity contribution in [2.45, 2.75) is 0 Å². The Kier molecular flexibility index (Phi) is 3.54. The van der Waals surface area contributed by atoms with Crippen LogP contribution in [-0.2, 0) is 0 Å². The summed E-state index contributed by atoms with van der Waals surface area (Å²) in [5, 5.41) is 5.16. The Balaban J connectivity index is 2.02. The number of hydrogen-bond donors (Lipinski definition) is 0. The van der Waals surface area contributed by atoms with Gasteiger partial charge in [-0.3, -0.25) is 0 Å². The molecule has 0 spiro atoms. The molecule has 0 heteroatoms. The fraction of sp³-hybridized carbons (Fsp3) is 0. The Morgan fingerprint density at radius 1 is 0.385 bits per heavy atom. The molecule has 0 N–H and O–H groups in total. The maximum absolute atomic E-state index is 3.14. The van der Waals surface area contributed by atoms with Crippen LogP contribution in [0.25, 0.3) is 43.8 Å². The second-order valence-corrected chi connectivity index (χ2v) is 6.50. The molecule has 0 aromatic heterocycles. The summed E-state index contributed by atoms with van der Waals surface area (Å²) in [5.74, 6) is 0. The molecular formula is C26H17. The van der Waals surface area contributed by atoms with Gasteiger partial charge in [0.25, 0.3) is 0 Å². The number of hydrogen-bond acceptors (Lipinski definition) is 0. The molecular weight excluding hydrogens is 312 g/mol. The first-order chi connectivity index (χ1) is 12.9. The van der Waals surface area contributed by atoms with Gasteiger partial charge in [-0.05, 0) is 49.9 Å². The van der Waals surface area contributed by atoms with Crippen LogP contribution in [0.4, 0.5) is 0 Å². The van der Waals surface area contributed by atoms with Crippen molar-refractivity contribution in [3.63, 3.8) is 0 Å². The number of benzene rings is 5. The molecule has 0 saturated heterocycles. The molecule has 0 bridgehead atoms. The van der Waals surface area contributed by atoms with Crippen molar-refractivity contribution in [1.82, 2.24) is 0 Å². The quantitative estimate of drug-likeness (QED) is 0.302. The monoisotopic (exact) mass is 329 g/mol. The summed E-state index contributed by atoms with van der Waals surface area (Å²) in [6, 6.07) is 39.6. The van der Waals surface area contributed by atoms with Crippen LogP contribution in [0, 0.1) is 6.07 Å². The lowest BCUT2D eigenvalue weighted by Gasteiger charge is -2.17. The van der Waals surface area contributed by atoms with E-state index in [0.717, 1.165) is 0 Å². The average molecular weight is 329 g/mol. The maximum Gasteiger partial charge on any atom is -0.00264 e. The normalized spacial score (nSPS) is 11.1. The molecule has 0 amide bonds. The summed E-state index contributed by atoms with van der Waals surface area (Å²) in [5.41, 5.74) is 5.09. The zero-order chi connectivity index (χ0) is 17.3. The lowest BCUT2D eigenvalue weighted by atomic mass is 9.86. The summed E-state index contributed by atoms with van der Waals surface area (Å²) in [4.78, 5) is 0. The van der Waals surface area contributed by atoms with Gasteiger partial charge in [0.1, 0.15) is 0 Å². The van der Waals surface area contributed by atoms with Crippen molar-refractivity contribution in [1.29, 1.82) is 0 Å². The number of fused-ring (bicyclic) bond motifs is 2. The van der Waals surface area contributed by atoms with Gasteiger partial charge < -0.3 is 0 Å². The zero-order valence-corrected chi connectivity index (χ0v) is 14.3. The van der Waals surface area contributed by atoms with Crippen molar-refractivity contribution < 1.29 is 0 Å². The van der Waals surface area contributed by atoms with Gasteiger partial charge in [-0.15, -0.1) is 0 Å². The van der Waals surface area contributed by atoms with Crippen molar-refractivity contribution in [2.24, 2.45) is 0 Å². The molecule has 5 rings (SSSR count). The van der Waals surface area contributed by atoms with Gasteiger partial charge in [0, 0.05) is 0 Å². The molecule has 0 fully saturated rings. The first-order valence-corrected chi connectivity index (χ1v) is 8.89. The SMILES string of the molecule is [c]1ccc(-c2c3ccccc3c(-c3ccccc3)c3ccccc23)cc1. The van der Waals surface area contributed by atoms with E-state index in [1.54, 1.807) is 0 Å². The molecule has 1 radical (unpaired) electrons. The highest BCUT2D eigenvalue weighted by Gasteiger charge is 2.15. The molecule has 121 valence electrons. The molecule has 5 aromatic carbocycles. The van der Waals surface area contributed by atoms with Gasteiger partial charge in [-0.1, -0.05) is 103 Å². The fourth-order valence-electron chi connectivity index (χ4n) is 3.91. The van der Waals surface area contributed by atoms with Crippen LogP contribution in [0.15, 0.2) is 103 Å². The smallest absolute Gasteiger partial charge is 0.00264 e. The Bertz CT molecular complexity index is 1050. The highest BCUT2D eigenvalue weighted by molar-refractivity contribution is 6.21. The van der Waals surface area contributed by atoms with Crippen LogP contribution >= 0.6 is 0 Å². The summed E-state index contributed by atoms with van der Waals surface area (Å²) >= 11 is 0. The van der Waals surface area contributed by atoms with Gasteiger partial charge in [-0.25, -0.2) is 0 Å². The standard InChI is InChI=1S/C26H17/c1-3-11-19(12-4-1)25-21-15-7-9-17-23(21)26(20-13-5-2-6-14-20)24-18-10-8-16-22(24)25/h1,3-18H. The van der Waals surface area contributed by atoms with E-state index in [0.29, 0.717) is 0 Å². The third kappa shape index (κ3) is 2.31. The minimum absolute atomic E-state index is 1.23. The van der Waals surface area contributed by atoms with Crippen LogP contribution in [0.5, 0.6) is 0 Å². The van der Waals surface area contributed by atoms with E-state index < -0.39 is 0 Å². The van der Waals surface area contributed by atoms with Gasteiger partial charge in [0.15, 0.2) is 0 Å². The van der Waals surface area contributed by atoms with E-state index in [-0.39, 0.29) is 0 Å². The molecule has 0 atom stereocenters. The minimum Gasteiger partial charge on any atom is -0.0622 e. The van der Waals surface area contributed by atoms with Crippen LogP contribution in [-0.4, -0.2) is 0 Å². The van der Waals surface area contributed by atoms with Crippen molar-refractivity contribution >= 4 is 21.5 Å². The highest BCUT2D eigenvalue weighted by atomic mass is 14.2. The third-order valence-electron chi connectivity index (χ3n) is 5.00. The van der Waals surface area contributed by atoms with Gasteiger partial charge in [0.05, 0.1) is 0 Å². The second kappa shape index (κ2) is 6.16. The lowest BCUT2D eigenvalue weighted by Crippen LogP contribution is -1.90. The van der Waals surface area contributed by atoms with E-state index >= 15 is 0 Å². The van der Waals surface area contributed by atoms with E-state index in [2.05, 4.69) is 97.1 Å². The van der Waals surface area contributed by atoms with Crippen LogP contribution in [0.3, 0.4) is 0 Å². The highest BCUT2D eigenvalue weighted by Crippen LogP contribution is 2.43. The Labute approximate surface area is 153 Å². The Hall–Kier alpha value is -3.38. The van der Waals surface area contributed by atoms with Crippen LogP contribution in [0.1, 0.15) is 0 Å². The predicted molar refractivity (Wildman–Crippen MR) is 111 cm³/mol. The first-order valence-electron chi connectivity index (χ1n) is 8.89. The maximum atomic E-state index is 3.14. The van der Waals surface area contributed by atoms with Gasteiger partial charge >= 0.3 is 0 Å². The van der Waals surface area contributed by atoms with E-state index in [1.165, 1.54) is 43.8 Å². The Morgan fingerprint density at radius 2 is 0.769 bits per heavy atom. The summed E-state index contributed by atoms with van der Waals surface area (Å²) in [6.45, 7) is 0.